The number of hydrogen-bond acceptors (Lipinski definition) is 4. The molecule has 0 spiro atoms. The Morgan fingerprint density at radius 2 is 2.25 bits per heavy atom. The van der Waals surface area contributed by atoms with Gasteiger partial charge in [-0.05, 0) is 24.3 Å². The molecule has 1 rings (SSSR count). The molecule has 0 saturated heterocycles. The topological polar surface area (TPSA) is 55.1 Å². The Morgan fingerprint density at radius 1 is 1.56 bits per heavy atom. The van der Waals surface area contributed by atoms with Crippen LogP contribution in [0.5, 0.6) is 0 Å². The molecule has 1 aromatic heterocycles. The van der Waals surface area contributed by atoms with E-state index in [9.17, 15) is 10.0 Å². The fourth-order valence-electron chi connectivity index (χ4n) is 1.42. The van der Waals surface area contributed by atoms with Gasteiger partial charge in [0.05, 0.1) is 11.9 Å². The Labute approximate surface area is 99.7 Å². The van der Waals surface area contributed by atoms with Crippen molar-refractivity contribution in [3.05, 3.63) is 27.9 Å². The molecule has 1 heterocycles. The van der Waals surface area contributed by atoms with Gasteiger partial charge in [-0.15, -0.1) is 4.73 Å². The van der Waals surface area contributed by atoms with Gasteiger partial charge in [0.25, 0.3) is 0 Å². The maximum atomic E-state index is 11.7. The van der Waals surface area contributed by atoms with Gasteiger partial charge in [0.15, 0.2) is 0 Å². The maximum absolute atomic E-state index is 11.7. The van der Waals surface area contributed by atoms with Gasteiger partial charge in [0.2, 0.25) is 0 Å². The van der Waals surface area contributed by atoms with Crippen molar-refractivity contribution in [1.29, 1.82) is 0 Å². The van der Waals surface area contributed by atoms with E-state index in [-0.39, 0.29) is 5.56 Å². The zero-order chi connectivity index (χ0) is 12.1. The first kappa shape index (κ1) is 13.1. The lowest BCUT2D eigenvalue weighted by molar-refractivity contribution is 0.163. The maximum Gasteiger partial charge on any atom is 0.304 e. The van der Waals surface area contributed by atoms with E-state index in [0.717, 1.165) is 10.5 Å². The van der Waals surface area contributed by atoms with E-state index < -0.39 is 0 Å². The number of thioether (sulfide) groups is 1. The Morgan fingerprint density at radius 3 is 2.81 bits per heavy atom. The second kappa shape index (κ2) is 5.94. The number of hydrogen-bond donors (Lipinski definition) is 1. The first-order valence-corrected chi connectivity index (χ1v) is 6.73. The first-order valence-electron chi connectivity index (χ1n) is 5.34. The zero-order valence-electron chi connectivity index (χ0n) is 9.93. The number of aryl methyl sites for hydroxylation is 1. The van der Waals surface area contributed by atoms with Crippen LogP contribution in [0.4, 0.5) is 0 Å². The van der Waals surface area contributed by atoms with Gasteiger partial charge in [-0.2, -0.15) is 11.8 Å². The molecule has 0 fully saturated rings. The van der Waals surface area contributed by atoms with Gasteiger partial charge in [0, 0.05) is 6.42 Å². The summed E-state index contributed by atoms with van der Waals surface area (Å²) in [5.41, 5.74) is 0.629. The molecule has 4 nitrogen and oxygen atoms in total. The molecule has 90 valence electrons. The van der Waals surface area contributed by atoms with Gasteiger partial charge in [0.1, 0.15) is 5.69 Å². The Kier molecular flexibility index (Phi) is 4.86. The van der Waals surface area contributed by atoms with Crippen LogP contribution in [0.15, 0.2) is 11.0 Å². The summed E-state index contributed by atoms with van der Waals surface area (Å²) in [5, 5.41) is 9.67. The lowest BCUT2D eigenvalue weighted by Crippen LogP contribution is -2.27. The molecule has 0 atom stereocenters. The van der Waals surface area contributed by atoms with Crippen LogP contribution >= 0.6 is 11.8 Å². The highest BCUT2D eigenvalue weighted by atomic mass is 32.2. The number of rotatable bonds is 5. The van der Waals surface area contributed by atoms with Crippen LogP contribution in [-0.4, -0.2) is 26.9 Å². The number of nitrogens with zero attached hydrogens (tertiary/aromatic N) is 2. The molecule has 0 aliphatic heterocycles. The molecule has 0 amide bonds. The molecule has 0 unspecified atom stereocenters. The number of aromatic nitrogens is 2. The van der Waals surface area contributed by atoms with Crippen molar-refractivity contribution in [2.24, 2.45) is 5.92 Å². The average molecular weight is 242 g/mol. The van der Waals surface area contributed by atoms with E-state index >= 15 is 0 Å². The van der Waals surface area contributed by atoms with Crippen molar-refractivity contribution in [2.45, 2.75) is 26.7 Å². The Balaban J connectivity index is 2.94. The second-order valence-electron chi connectivity index (χ2n) is 4.15. The van der Waals surface area contributed by atoms with Crippen molar-refractivity contribution in [3.8, 4) is 0 Å². The summed E-state index contributed by atoms with van der Waals surface area (Å²) in [6.07, 6.45) is 4.83. The van der Waals surface area contributed by atoms with E-state index in [1.807, 2.05) is 20.1 Å². The van der Waals surface area contributed by atoms with Crippen LogP contribution in [0.2, 0.25) is 0 Å². The van der Waals surface area contributed by atoms with Crippen molar-refractivity contribution in [1.82, 2.24) is 9.71 Å². The van der Waals surface area contributed by atoms with Crippen LogP contribution in [0, 0.1) is 5.92 Å². The third kappa shape index (κ3) is 3.27. The molecule has 1 aromatic rings. The standard InChI is InChI=1S/C11H18N2O2S/c1-8(2)6-10-11(14)13(15)9(7-12-10)4-5-16-3/h7-8,15H,4-6H2,1-3H3. The third-order valence-electron chi connectivity index (χ3n) is 2.24. The van der Waals surface area contributed by atoms with E-state index in [1.54, 1.807) is 18.0 Å². The molecular weight excluding hydrogens is 224 g/mol. The first-order chi connectivity index (χ1) is 7.56. The van der Waals surface area contributed by atoms with Crippen LogP contribution in [0.1, 0.15) is 25.2 Å². The van der Waals surface area contributed by atoms with Crippen LogP contribution in [0.25, 0.3) is 0 Å². The van der Waals surface area contributed by atoms with E-state index in [4.69, 9.17) is 0 Å². The summed E-state index contributed by atoms with van der Waals surface area (Å²) in [4.78, 5) is 15.9. The van der Waals surface area contributed by atoms with Crippen LogP contribution in [-0.2, 0) is 12.8 Å². The summed E-state index contributed by atoms with van der Waals surface area (Å²) < 4.78 is 0.737. The van der Waals surface area contributed by atoms with Gasteiger partial charge in [-0.3, -0.25) is 9.78 Å². The minimum atomic E-state index is -0.382. The van der Waals surface area contributed by atoms with E-state index in [1.165, 1.54) is 0 Å². The molecule has 0 aliphatic carbocycles. The predicted molar refractivity (Wildman–Crippen MR) is 66.3 cm³/mol. The monoisotopic (exact) mass is 242 g/mol. The zero-order valence-corrected chi connectivity index (χ0v) is 10.8. The molecule has 5 heteroatoms. The van der Waals surface area contributed by atoms with Gasteiger partial charge in [-0.1, -0.05) is 13.8 Å². The Hall–Kier alpha value is -0.970. The van der Waals surface area contributed by atoms with Crippen molar-refractivity contribution in [2.75, 3.05) is 12.0 Å². The minimum absolute atomic E-state index is 0.359. The van der Waals surface area contributed by atoms with Gasteiger partial charge >= 0.3 is 5.56 Å². The largest absolute Gasteiger partial charge is 0.425 e. The molecule has 0 saturated carbocycles. The lowest BCUT2D eigenvalue weighted by atomic mass is 10.1. The van der Waals surface area contributed by atoms with Crippen LogP contribution < -0.4 is 5.56 Å². The molecule has 1 N–H and O–H groups in total. The van der Waals surface area contributed by atoms with E-state index in [0.29, 0.717) is 30.1 Å². The normalized spacial score (nSPS) is 11.0. The quantitative estimate of drug-likeness (QED) is 0.797. The SMILES string of the molecule is CSCCc1cnc(CC(C)C)c(=O)n1O. The smallest absolute Gasteiger partial charge is 0.304 e. The van der Waals surface area contributed by atoms with Crippen molar-refractivity contribution in [3.63, 3.8) is 0 Å². The molecule has 0 aliphatic rings. The molecule has 0 aromatic carbocycles. The fourth-order valence-corrected chi connectivity index (χ4v) is 1.83. The molecular formula is C11H18N2O2S. The fraction of sp³-hybridized carbons (Fsp3) is 0.636. The minimum Gasteiger partial charge on any atom is -0.425 e. The summed E-state index contributed by atoms with van der Waals surface area (Å²) in [5.74, 6) is 1.22. The summed E-state index contributed by atoms with van der Waals surface area (Å²) in [6, 6.07) is 0. The highest BCUT2D eigenvalue weighted by Crippen LogP contribution is 2.04. The molecule has 0 radical (unpaired) electrons. The summed E-state index contributed by atoms with van der Waals surface area (Å²) >= 11 is 1.67. The van der Waals surface area contributed by atoms with Crippen LogP contribution in [0.3, 0.4) is 0 Å². The predicted octanol–water partition coefficient (Wildman–Crippen LogP) is 1.58. The van der Waals surface area contributed by atoms with Crippen molar-refractivity contribution < 1.29 is 5.21 Å². The van der Waals surface area contributed by atoms with E-state index in [2.05, 4.69) is 4.98 Å². The van der Waals surface area contributed by atoms with Gasteiger partial charge in [-0.25, -0.2) is 0 Å². The second-order valence-corrected chi connectivity index (χ2v) is 5.14. The Bertz CT molecular complexity index is 401. The summed E-state index contributed by atoms with van der Waals surface area (Å²) in [6.45, 7) is 4.04. The molecule has 16 heavy (non-hydrogen) atoms. The average Bonchev–Trinajstić information content (AvgIpc) is 2.23. The highest BCUT2D eigenvalue weighted by Gasteiger charge is 2.10. The van der Waals surface area contributed by atoms with Gasteiger partial charge < -0.3 is 5.21 Å². The lowest BCUT2D eigenvalue weighted by Gasteiger charge is -2.08. The van der Waals surface area contributed by atoms with Crippen molar-refractivity contribution >= 4 is 11.8 Å². The highest BCUT2D eigenvalue weighted by molar-refractivity contribution is 7.98. The third-order valence-corrected chi connectivity index (χ3v) is 2.86. The summed E-state index contributed by atoms with van der Waals surface area (Å²) in [7, 11) is 0. The molecule has 0 bridgehead atoms.